The molecule has 0 atom stereocenters. The fraction of sp³-hybridized carbons (Fsp3) is 0.571. The quantitative estimate of drug-likeness (QED) is 0.635. The van der Waals surface area contributed by atoms with Crippen LogP contribution in [0.25, 0.3) is 0 Å². The summed E-state index contributed by atoms with van der Waals surface area (Å²) < 4.78 is 10.1. The van der Waals surface area contributed by atoms with E-state index >= 15 is 0 Å². The third-order valence-electron chi connectivity index (χ3n) is 2.29. The van der Waals surface area contributed by atoms with Crippen LogP contribution < -0.4 is 5.32 Å². The lowest BCUT2D eigenvalue weighted by Gasteiger charge is -2.19. The first-order chi connectivity index (χ1) is 8.88. The highest BCUT2D eigenvalue weighted by molar-refractivity contribution is 5.93. The van der Waals surface area contributed by atoms with E-state index in [0.29, 0.717) is 25.1 Å². The van der Waals surface area contributed by atoms with Gasteiger partial charge in [-0.1, -0.05) is 0 Å². The molecule has 0 aliphatic rings. The summed E-state index contributed by atoms with van der Waals surface area (Å²) in [6.07, 6.45) is 2.91. The van der Waals surface area contributed by atoms with E-state index in [-0.39, 0.29) is 5.78 Å². The summed E-state index contributed by atoms with van der Waals surface area (Å²) in [6.45, 7) is 5.94. The highest BCUT2D eigenvalue weighted by atomic mass is 16.6. The average Bonchev–Trinajstić information content (AvgIpc) is 2.79. The number of furan rings is 1. The van der Waals surface area contributed by atoms with Gasteiger partial charge in [-0.05, 0) is 45.7 Å². The maximum Gasteiger partial charge on any atom is 0.407 e. The number of alkyl carbamates (subject to hydrolysis) is 1. The van der Waals surface area contributed by atoms with Gasteiger partial charge in [0.15, 0.2) is 11.5 Å². The molecule has 1 rings (SSSR count). The second-order valence-electron chi connectivity index (χ2n) is 5.29. The van der Waals surface area contributed by atoms with Crippen LogP contribution in [-0.2, 0) is 4.74 Å². The van der Waals surface area contributed by atoms with Crippen LogP contribution in [0, 0.1) is 0 Å². The standard InChI is InChI=1S/C14H21NO4/c1-14(2,3)19-13(17)15-9-5-4-7-11(16)12-8-6-10-18-12/h6,8,10H,4-5,7,9H2,1-3H3,(H,15,17). The monoisotopic (exact) mass is 267 g/mol. The average molecular weight is 267 g/mol. The molecule has 0 bridgehead atoms. The topological polar surface area (TPSA) is 68.5 Å². The minimum absolute atomic E-state index is 0.0118. The number of hydrogen-bond donors (Lipinski definition) is 1. The summed E-state index contributed by atoms with van der Waals surface area (Å²) in [4.78, 5) is 22.9. The number of ether oxygens (including phenoxy) is 1. The van der Waals surface area contributed by atoms with Crippen LogP contribution in [0.2, 0.25) is 0 Å². The number of unbranched alkanes of at least 4 members (excludes halogenated alkanes) is 1. The number of carbonyl (C=O) groups is 2. The van der Waals surface area contributed by atoms with E-state index in [9.17, 15) is 9.59 Å². The van der Waals surface area contributed by atoms with Crippen molar-refractivity contribution in [2.24, 2.45) is 0 Å². The molecule has 19 heavy (non-hydrogen) atoms. The molecule has 5 heteroatoms. The van der Waals surface area contributed by atoms with E-state index in [4.69, 9.17) is 9.15 Å². The number of amides is 1. The minimum atomic E-state index is -0.487. The number of carbonyl (C=O) groups excluding carboxylic acids is 2. The molecule has 0 radical (unpaired) electrons. The Morgan fingerprint density at radius 2 is 2.05 bits per heavy atom. The highest BCUT2D eigenvalue weighted by Gasteiger charge is 2.15. The van der Waals surface area contributed by atoms with Crippen molar-refractivity contribution in [2.45, 2.75) is 45.6 Å². The first kappa shape index (κ1) is 15.3. The zero-order valence-electron chi connectivity index (χ0n) is 11.7. The molecule has 0 saturated heterocycles. The molecule has 0 saturated carbocycles. The van der Waals surface area contributed by atoms with Crippen molar-refractivity contribution in [1.29, 1.82) is 0 Å². The third kappa shape index (κ3) is 6.64. The van der Waals surface area contributed by atoms with Gasteiger partial charge in [0.25, 0.3) is 0 Å². The Morgan fingerprint density at radius 1 is 1.32 bits per heavy atom. The SMILES string of the molecule is CC(C)(C)OC(=O)NCCCCC(=O)c1ccco1. The molecule has 1 N–H and O–H groups in total. The number of nitrogens with one attached hydrogen (secondary N) is 1. The van der Waals surface area contributed by atoms with E-state index in [1.807, 2.05) is 20.8 Å². The van der Waals surface area contributed by atoms with Crippen molar-refractivity contribution >= 4 is 11.9 Å². The van der Waals surface area contributed by atoms with Gasteiger partial charge in [0.1, 0.15) is 5.60 Å². The van der Waals surface area contributed by atoms with Crippen molar-refractivity contribution in [2.75, 3.05) is 6.54 Å². The second-order valence-corrected chi connectivity index (χ2v) is 5.29. The molecule has 1 aromatic heterocycles. The minimum Gasteiger partial charge on any atom is -0.461 e. The molecule has 5 nitrogen and oxygen atoms in total. The molecule has 1 aromatic rings. The van der Waals surface area contributed by atoms with E-state index < -0.39 is 11.7 Å². The van der Waals surface area contributed by atoms with Gasteiger partial charge in [-0.15, -0.1) is 0 Å². The van der Waals surface area contributed by atoms with Crippen LogP contribution in [0.4, 0.5) is 4.79 Å². The molecule has 0 aliphatic carbocycles. The molecule has 1 amide bonds. The highest BCUT2D eigenvalue weighted by Crippen LogP contribution is 2.08. The molecule has 0 aromatic carbocycles. The van der Waals surface area contributed by atoms with Crippen molar-refractivity contribution in [1.82, 2.24) is 5.32 Å². The maximum atomic E-state index is 11.6. The number of rotatable bonds is 6. The fourth-order valence-electron chi connectivity index (χ4n) is 1.48. The molecule has 0 spiro atoms. The first-order valence-corrected chi connectivity index (χ1v) is 6.42. The largest absolute Gasteiger partial charge is 0.461 e. The van der Waals surface area contributed by atoms with Gasteiger partial charge in [-0.2, -0.15) is 0 Å². The fourth-order valence-corrected chi connectivity index (χ4v) is 1.48. The second kappa shape index (κ2) is 6.97. The van der Waals surface area contributed by atoms with Crippen molar-refractivity contribution < 1.29 is 18.7 Å². The molecular formula is C14H21NO4. The number of ketones is 1. The van der Waals surface area contributed by atoms with Gasteiger partial charge in [-0.3, -0.25) is 4.79 Å². The molecule has 1 heterocycles. The molecule has 0 fully saturated rings. The Kier molecular flexibility index (Phi) is 5.60. The summed E-state index contributed by atoms with van der Waals surface area (Å²) in [6, 6.07) is 3.35. The van der Waals surface area contributed by atoms with Gasteiger partial charge in [0, 0.05) is 13.0 Å². The Labute approximate surface area is 113 Å². The third-order valence-corrected chi connectivity index (χ3v) is 2.29. The van der Waals surface area contributed by atoms with Gasteiger partial charge in [0.05, 0.1) is 6.26 Å². The van der Waals surface area contributed by atoms with Crippen LogP contribution in [0.3, 0.4) is 0 Å². The van der Waals surface area contributed by atoms with Crippen LogP contribution in [0.1, 0.15) is 50.6 Å². The van der Waals surface area contributed by atoms with Crippen LogP contribution in [0.5, 0.6) is 0 Å². The Morgan fingerprint density at radius 3 is 2.63 bits per heavy atom. The zero-order valence-corrected chi connectivity index (χ0v) is 11.7. The number of hydrogen-bond acceptors (Lipinski definition) is 4. The zero-order chi connectivity index (χ0) is 14.3. The van der Waals surface area contributed by atoms with Crippen LogP contribution in [0.15, 0.2) is 22.8 Å². The van der Waals surface area contributed by atoms with Crippen molar-refractivity contribution in [3.8, 4) is 0 Å². The Balaban J connectivity index is 2.09. The molecule has 0 unspecified atom stereocenters. The molecule has 0 aliphatic heterocycles. The van der Waals surface area contributed by atoms with Crippen LogP contribution >= 0.6 is 0 Å². The van der Waals surface area contributed by atoms with E-state index in [1.165, 1.54) is 6.26 Å². The lowest BCUT2D eigenvalue weighted by Crippen LogP contribution is -2.33. The summed E-state index contributed by atoms with van der Waals surface area (Å²) >= 11 is 0. The van der Waals surface area contributed by atoms with E-state index in [1.54, 1.807) is 12.1 Å². The first-order valence-electron chi connectivity index (χ1n) is 6.42. The molecular weight excluding hydrogens is 246 g/mol. The predicted octanol–water partition coefficient (Wildman–Crippen LogP) is 3.16. The van der Waals surface area contributed by atoms with Crippen molar-refractivity contribution in [3.05, 3.63) is 24.2 Å². The lowest BCUT2D eigenvalue weighted by atomic mass is 10.1. The molecule has 106 valence electrons. The van der Waals surface area contributed by atoms with E-state index in [0.717, 1.165) is 6.42 Å². The summed E-state index contributed by atoms with van der Waals surface area (Å²) in [5, 5.41) is 2.65. The van der Waals surface area contributed by atoms with Crippen LogP contribution in [-0.4, -0.2) is 24.0 Å². The normalized spacial score (nSPS) is 11.1. The Hall–Kier alpha value is -1.78. The summed E-state index contributed by atoms with van der Waals surface area (Å²) in [5.41, 5.74) is -0.487. The maximum absolute atomic E-state index is 11.6. The van der Waals surface area contributed by atoms with Gasteiger partial charge < -0.3 is 14.5 Å². The van der Waals surface area contributed by atoms with E-state index in [2.05, 4.69) is 5.32 Å². The van der Waals surface area contributed by atoms with Gasteiger partial charge in [0.2, 0.25) is 0 Å². The predicted molar refractivity (Wildman–Crippen MR) is 71.1 cm³/mol. The lowest BCUT2D eigenvalue weighted by molar-refractivity contribution is 0.0527. The Bertz CT molecular complexity index is 404. The summed E-state index contributed by atoms with van der Waals surface area (Å²) in [5.74, 6) is 0.377. The van der Waals surface area contributed by atoms with Gasteiger partial charge in [-0.25, -0.2) is 4.79 Å². The smallest absolute Gasteiger partial charge is 0.407 e. The van der Waals surface area contributed by atoms with Crippen molar-refractivity contribution in [3.63, 3.8) is 0 Å². The van der Waals surface area contributed by atoms with Gasteiger partial charge >= 0.3 is 6.09 Å². The number of Topliss-reactive ketones (excluding diaryl/α,β-unsaturated/α-hetero) is 1. The summed E-state index contributed by atoms with van der Waals surface area (Å²) in [7, 11) is 0.